The van der Waals surface area contributed by atoms with E-state index in [-0.39, 0.29) is 24.5 Å². The summed E-state index contributed by atoms with van der Waals surface area (Å²) in [5.41, 5.74) is 0. The Morgan fingerprint density at radius 3 is 2.15 bits per heavy atom. The third-order valence-corrected chi connectivity index (χ3v) is 1.30. The van der Waals surface area contributed by atoms with Gasteiger partial charge < -0.3 is 10.1 Å². The highest BCUT2D eigenvalue weighted by molar-refractivity contribution is 5.83. The molecule has 4 nitrogen and oxygen atoms in total. The Labute approximate surface area is 78.6 Å². The van der Waals surface area contributed by atoms with Crippen molar-refractivity contribution in [3.8, 4) is 0 Å². The lowest BCUT2D eigenvalue weighted by Crippen LogP contribution is -2.34. The van der Waals surface area contributed by atoms with E-state index in [0.717, 1.165) is 0 Å². The average Bonchev–Trinajstić information content (AvgIpc) is 1.98. The van der Waals surface area contributed by atoms with E-state index in [1.807, 2.05) is 0 Å². The molecule has 0 aromatic carbocycles. The van der Waals surface area contributed by atoms with E-state index in [9.17, 15) is 9.59 Å². The highest BCUT2D eigenvalue weighted by Crippen LogP contribution is 1.91. The maximum atomic E-state index is 11.0. The van der Waals surface area contributed by atoms with E-state index in [1.54, 1.807) is 27.7 Å². The average molecular weight is 187 g/mol. The van der Waals surface area contributed by atoms with Gasteiger partial charge in [-0.2, -0.15) is 0 Å². The maximum absolute atomic E-state index is 11.0. The zero-order valence-corrected chi connectivity index (χ0v) is 8.59. The third-order valence-electron chi connectivity index (χ3n) is 1.30. The maximum Gasteiger partial charge on any atom is 0.325 e. The third kappa shape index (κ3) is 6.13. The second kappa shape index (κ2) is 5.56. The summed E-state index contributed by atoms with van der Waals surface area (Å²) in [6, 6.07) is 0. The zero-order chi connectivity index (χ0) is 10.4. The number of esters is 1. The Balaban J connectivity index is 3.64. The van der Waals surface area contributed by atoms with Crippen molar-refractivity contribution < 1.29 is 14.3 Å². The first-order chi connectivity index (χ1) is 5.93. The predicted molar refractivity (Wildman–Crippen MR) is 49.1 cm³/mol. The van der Waals surface area contributed by atoms with Gasteiger partial charge in [-0.3, -0.25) is 9.59 Å². The van der Waals surface area contributed by atoms with Gasteiger partial charge in [-0.05, 0) is 13.8 Å². The van der Waals surface area contributed by atoms with Gasteiger partial charge in [0.25, 0.3) is 0 Å². The lowest BCUT2D eigenvalue weighted by Gasteiger charge is -2.09. The Hall–Kier alpha value is -1.06. The summed E-state index contributed by atoms with van der Waals surface area (Å²) in [6.07, 6.45) is -0.136. The minimum Gasteiger partial charge on any atom is -0.462 e. The summed E-state index contributed by atoms with van der Waals surface area (Å²) in [5.74, 6) is -0.642. The molecule has 0 bridgehead atoms. The van der Waals surface area contributed by atoms with Crippen LogP contribution in [0.15, 0.2) is 0 Å². The molecule has 0 aliphatic rings. The number of nitrogens with one attached hydrogen (secondary N) is 1. The fraction of sp³-hybridized carbons (Fsp3) is 0.778. The second-order valence-corrected chi connectivity index (χ2v) is 3.41. The van der Waals surface area contributed by atoms with Crippen molar-refractivity contribution in [1.82, 2.24) is 5.32 Å². The van der Waals surface area contributed by atoms with Crippen molar-refractivity contribution in [1.29, 1.82) is 0 Å². The molecular weight excluding hydrogens is 170 g/mol. The Kier molecular flexibility index (Phi) is 5.11. The van der Waals surface area contributed by atoms with Crippen LogP contribution in [0, 0.1) is 5.92 Å². The van der Waals surface area contributed by atoms with Crippen LogP contribution in [0.2, 0.25) is 0 Å². The van der Waals surface area contributed by atoms with Gasteiger partial charge in [-0.1, -0.05) is 13.8 Å². The summed E-state index contributed by atoms with van der Waals surface area (Å²) >= 11 is 0. The smallest absolute Gasteiger partial charge is 0.325 e. The molecule has 0 heterocycles. The molecular formula is C9H17NO3. The number of amides is 1. The zero-order valence-electron chi connectivity index (χ0n) is 8.59. The number of carbonyl (C=O) groups is 2. The van der Waals surface area contributed by atoms with E-state index in [4.69, 9.17) is 4.74 Å². The van der Waals surface area contributed by atoms with E-state index in [0.29, 0.717) is 0 Å². The number of hydrogen-bond donors (Lipinski definition) is 1. The lowest BCUT2D eigenvalue weighted by molar-refractivity contribution is -0.147. The van der Waals surface area contributed by atoms with E-state index >= 15 is 0 Å². The Morgan fingerprint density at radius 2 is 1.77 bits per heavy atom. The molecule has 0 aromatic rings. The molecule has 0 atom stereocenters. The molecule has 0 saturated heterocycles. The molecule has 13 heavy (non-hydrogen) atoms. The van der Waals surface area contributed by atoms with Crippen LogP contribution in [0.1, 0.15) is 27.7 Å². The van der Waals surface area contributed by atoms with Crippen LogP contribution in [0.4, 0.5) is 0 Å². The van der Waals surface area contributed by atoms with Crippen molar-refractivity contribution in [2.45, 2.75) is 33.8 Å². The van der Waals surface area contributed by atoms with Gasteiger partial charge in [0.05, 0.1) is 6.10 Å². The SMILES string of the molecule is CC(C)OC(=O)CNC(=O)C(C)C. The highest BCUT2D eigenvalue weighted by atomic mass is 16.5. The molecule has 0 unspecified atom stereocenters. The Bertz CT molecular complexity index is 187. The highest BCUT2D eigenvalue weighted by Gasteiger charge is 2.10. The predicted octanol–water partition coefficient (Wildman–Crippen LogP) is 0.710. The second-order valence-electron chi connectivity index (χ2n) is 3.41. The first-order valence-electron chi connectivity index (χ1n) is 4.40. The molecule has 0 rings (SSSR count). The fourth-order valence-corrected chi connectivity index (χ4v) is 0.668. The molecule has 1 amide bonds. The van der Waals surface area contributed by atoms with Crippen molar-refractivity contribution in [2.75, 3.05) is 6.54 Å². The van der Waals surface area contributed by atoms with Gasteiger partial charge in [0.2, 0.25) is 5.91 Å². The largest absolute Gasteiger partial charge is 0.462 e. The normalized spacial score (nSPS) is 10.3. The number of rotatable bonds is 4. The topological polar surface area (TPSA) is 55.4 Å². The molecule has 0 saturated carbocycles. The van der Waals surface area contributed by atoms with Crippen LogP contribution in [0.3, 0.4) is 0 Å². The summed E-state index contributed by atoms with van der Waals surface area (Å²) in [7, 11) is 0. The van der Waals surface area contributed by atoms with Gasteiger partial charge in [0.1, 0.15) is 6.54 Å². The monoisotopic (exact) mass is 187 g/mol. The van der Waals surface area contributed by atoms with E-state index in [2.05, 4.69) is 5.32 Å². The van der Waals surface area contributed by atoms with Crippen LogP contribution < -0.4 is 5.32 Å². The van der Waals surface area contributed by atoms with Crippen LogP contribution >= 0.6 is 0 Å². The molecule has 0 radical (unpaired) electrons. The van der Waals surface area contributed by atoms with Crippen LogP contribution in [0.25, 0.3) is 0 Å². The van der Waals surface area contributed by atoms with E-state index < -0.39 is 5.97 Å². The van der Waals surface area contributed by atoms with Gasteiger partial charge in [0, 0.05) is 5.92 Å². The summed E-state index contributed by atoms with van der Waals surface area (Å²) in [4.78, 5) is 22.0. The summed E-state index contributed by atoms with van der Waals surface area (Å²) < 4.78 is 4.83. The van der Waals surface area contributed by atoms with Crippen LogP contribution in [-0.2, 0) is 14.3 Å². The van der Waals surface area contributed by atoms with Gasteiger partial charge in [-0.25, -0.2) is 0 Å². The summed E-state index contributed by atoms with van der Waals surface area (Å²) in [5, 5.41) is 2.47. The van der Waals surface area contributed by atoms with Crippen molar-refractivity contribution in [3.05, 3.63) is 0 Å². The van der Waals surface area contributed by atoms with Crippen molar-refractivity contribution in [2.24, 2.45) is 5.92 Å². The minimum absolute atomic E-state index is 0.0464. The lowest BCUT2D eigenvalue weighted by atomic mass is 10.2. The molecule has 0 aliphatic heterocycles. The first-order valence-corrected chi connectivity index (χ1v) is 4.40. The fourth-order valence-electron chi connectivity index (χ4n) is 0.668. The minimum atomic E-state index is -0.399. The molecule has 0 spiro atoms. The van der Waals surface area contributed by atoms with E-state index in [1.165, 1.54) is 0 Å². The standard InChI is InChI=1S/C9H17NO3/c1-6(2)9(12)10-5-8(11)13-7(3)4/h6-7H,5H2,1-4H3,(H,10,12). The van der Waals surface area contributed by atoms with Crippen molar-refractivity contribution in [3.63, 3.8) is 0 Å². The van der Waals surface area contributed by atoms with Gasteiger partial charge in [-0.15, -0.1) is 0 Å². The molecule has 0 aliphatic carbocycles. The molecule has 4 heteroatoms. The quantitative estimate of drug-likeness (QED) is 0.659. The van der Waals surface area contributed by atoms with Crippen LogP contribution in [-0.4, -0.2) is 24.5 Å². The molecule has 76 valence electrons. The first kappa shape index (κ1) is 11.9. The number of ether oxygens (including phenoxy) is 1. The molecule has 0 fully saturated rings. The summed E-state index contributed by atoms with van der Waals surface area (Å²) in [6.45, 7) is 7.02. The molecule has 1 N–H and O–H groups in total. The van der Waals surface area contributed by atoms with Crippen LogP contribution in [0.5, 0.6) is 0 Å². The molecule has 0 aromatic heterocycles. The Morgan fingerprint density at radius 1 is 1.23 bits per heavy atom. The van der Waals surface area contributed by atoms with Gasteiger partial charge in [0.15, 0.2) is 0 Å². The van der Waals surface area contributed by atoms with Gasteiger partial charge >= 0.3 is 5.97 Å². The number of carbonyl (C=O) groups excluding carboxylic acids is 2. The number of hydrogen-bond acceptors (Lipinski definition) is 3. The van der Waals surface area contributed by atoms with Crippen molar-refractivity contribution >= 4 is 11.9 Å².